The number of carbonyl (C=O) groups excluding carboxylic acids is 2. The minimum Gasteiger partial charge on any atom is -0.550 e. The minimum atomic E-state index is -0.971. The summed E-state index contributed by atoms with van der Waals surface area (Å²) in [6.07, 6.45) is 0. The summed E-state index contributed by atoms with van der Waals surface area (Å²) in [6, 6.07) is 0. The molecule has 0 fully saturated rings. The first-order valence-electron chi connectivity index (χ1n) is 11.2. The third-order valence-electron chi connectivity index (χ3n) is 10.3. The van der Waals surface area contributed by atoms with Gasteiger partial charge in [-0.3, -0.25) is 0 Å². The van der Waals surface area contributed by atoms with Crippen LogP contribution in [0.5, 0.6) is 0 Å². The Morgan fingerprint density at radius 3 is 0.774 bits per heavy atom. The summed E-state index contributed by atoms with van der Waals surface area (Å²) in [5, 5.41) is 22.5. The molecule has 31 heavy (non-hydrogen) atoms. The Labute approximate surface area is 206 Å². The Morgan fingerprint density at radius 2 is 0.677 bits per heavy atom. The molecule has 0 atom stereocenters. The standard InChI is InChI=1S/2C13H26O2.Zn/c2*1-9(2)11(3,4)13(7,8)12(5,6)10(14)15;/h2*9H,1-8H3,(H,14,15);/q;;+2/p-2. The molecular formula is C26H50O4Zn. The average molecular weight is 492 g/mol. The van der Waals surface area contributed by atoms with Gasteiger partial charge in [0.25, 0.3) is 0 Å². The Kier molecular flexibility index (Phi) is 12.1. The summed E-state index contributed by atoms with van der Waals surface area (Å²) in [7, 11) is 0. The van der Waals surface area contributed by atoms with Crippen LogP contribution in [-0.4, -0.2) is 11.9 Å². The van der Waals surface area contributed by atoms with Crippen molar-refractivity contribution in [3.05, 3.63) is 0 Å². The summed E-state index contributed by atoms with van der Waals surface area (Å²) < 4.78 is 0. The van der Waals surface area contributed by atoms with Gasteiger partial charge in [0.05, 0.1) is 0 Å². The van der Waals surface area contributed by atoms with Gasteiger partial charge in [0, 0.05) is 22.8 Å². The van der Waals surface area contributed by atoms with Crippen LogP contribution in [0.4, 0.5) is 0 Å². The van der Waals surface area contributed by atoms with E-state index in [1.165, 1.54) is 0 Å². The molecule has 0 aliphatic rings. The molecule has 0 aliphatic carbocycles. The fourth-order valence-corrected chi connectivity index (χ4v) is 3.56. The van der Waals surface area contributed by atoms with Crippen molar-refractivity contribution in [2.75, 3.05) is 0 Å². The molecule has 0 aromatic rings. The minimum absolute atomic E-state index is 0. The fourth-order valence-electron chi connectivity index (χ4n) is 3.56. The predicted octanol–water partition coefficient (Wildman–Crippen LogP) is 4.94. The molecule has 5 heteroatoms. The molecule has 0 bridgehead atoms. The van der Waals surface area contributed by atoms with E-state index < -0.39 is 22.8 Å². The Morgan fingerprint density at radius 1 is 0.516 bits per heavy atom. The van der Waals surface area contributed by atoms with Crippen LogP contribution in [0.25, 0.3) is 0 Å². The van der Waals surface area contributed by atoms with E-state index in [0.29, 0.717) is 11.8 Å². The fraction of sp³-hybridized carbons (Fsp3) is 0.923. The smallest absolute Gasteiger partial charge is 0.550 e. The summed E-state index contributed by atoms with van der Waals surface area (Å²) in [6.45, 7) is 32.1. The normalized spacial score (nSPS) is 14.0. The first-order chi connectivity index (χ1) is 12.8. The van der Waals surface area contributed by atoms with Gasteiger partial charge >= 0.3 is 19.5 Å². The Balaban J connectivity index is -0.000000490. The van der Waals surface area contributed by atoms with Crippen molar-refractivity contribution in [2.45, 2.75) is 111 Å². The molecule has 0 spiro atoms. The zero-order valence-electron chi connectivity index (χ0n) is 23.5. The Hall–Kier alpha value is -0.437. The summed E-state index contributed by atoms with van der Waals surface area (Å²) >= 11 is 0. The molecule has 4 nitrogen and oxygen atoms in total. The first-order valence-corrected chi connectivity index (χ1v) is 11.2. The first kappa shape index (κ1) is 35.2. The number of hydrogen-bond acceptors (Lipinski definition) is 4. The van der Waals surface area contributed by atoms with E-state index in [9.17, 15) is 19.8 Å². The van der Waals surface area contributed by atoms with Crippen molar-refractivity contribution < 1.29 is 39.3 Å². The van der Waals surface area contributed by atoms with E-state index in [1.54, 1.807) is 27.7 Å². The molecule has 0 aliphatic heterocycles. The molecule has 0 radical (unpaired) electrons. The maximum atomic E-state index is 11.2. The van der Waals surface area contributed by atoms with E-state index in [4.69, 9.17) is 0 Å². The molecule has 0 aromatic heterocycles. The maximum Gasteiger partial charge on any atom is 2.00 e. The van der Waals surface area contributed by atoms with E-state index in [-0.39, 0.29) is 41.1 Å². The van der Waals surface area contributed by atoms with Gasteiger partial charge in [-0.15, -0.1) is 0 Å². The van der Waals surface area contributed by atoms with Gasteiger partial charge in [-0.1, -0.05) is 111 Å². The maximum absolute atomic E-state index is 11.2. The second-order valence-electron chi connectivity index (χ2n) is 12.8. The second-order valence-corrected chi connectivity index (χ2v) is 12.8. The van der Waals surface area contributed by atoms with Gasteiger partial charge in [0.1, 0.15) is 0 Å². The van der Waals surface area contributed by atoms with E-state index >= 15 is 0 Å². The van der Waals surface area contributed by atoms with Crippen molar-refractivity contribution in [1.29, 1.82) is 0 Å². The van der Waals surface area contributed by atoms with E-state index in [0.717, 1.165) is 0 Å². The monoisotopic (exact) mass is 490 g/mol. The molecule has 0 amide bonds. The van der Waals surface area contributed by atoms with Crippen molar-refractivity contribution in [2.24, 2.45) is 44.3 Å². The average Bonchev–Trinajstić information content (AvgIpc) is 2.53. The quantitative estimate of drug-likeness (QED) is 0.450. The van der Waals surface area contributed by atoms with Crippen molar-refractivity contribution >= 4 is 11.9 Å². The number of aliphatic carboxylic acids is 2. The Bertz CT molecular complexity index is 555. The summed E-state index contributed by atoms with van der Waals surface area (Å²) in [5.74, 6) is -1.10. The number of carboxylic acids is 2. The van der Waals surface area contributed by atoms with Crippen LogP contribution in [-0.2, 0) is 29.1 Å². The largest absolute Gasteiger partial charge is 2.00 e. The van der Waals surface area contributed by atoms with Gasteiger partial charge in [0.15, 0.2) is 0 Å². The van der Waals surface area contributed by atoms with Crippen LogP contribution in [0.15, 0.2) is 0 Å². The molecule has 0 rings (SSSR count). The zero-order valence-corrected chi connectivity index (χ0v) is 26.5. The van der Waals surface area contributed by atoms with E-state index in [2.05, 4.69) is 55.4 Å². The number of rotatable bonds is 8. The third kappa shape index (κ3) is 6.33. The molecular weight excluding hydrogens is 442 g/mol. The third-order valence-corrected chi connectivity index (χ3v) is 10.3. The van der Waals surface area contributed by atoms with Gasteiger partial charge < -0.3 is 19.8 Å². The number of carbonyl (C=O) groups is 2. The molecule has 0 N–H and O–H groups in total. The molecule has 0 heterocycles. The van der Waals surface area contributed by atoms with E-state index in [1.807, 2.05) is 27.7 Å². The summed E-state index contributed by atoms with van der Waals surface area (Å²) in [5.41, 5.74) is -2.44. The van der Waals surface area contributed by atoms with Crippen LogP contribution in [0.2, 0.25) is 0 Å². The molecule has 180 valence electrons. The van der Waals surface area contributed by atoms with Gasteiger partial charge in [-0.2, -0.15) is 0 Å². The van der Waals surface area contributed by atoms with Crippen LogP contribution < -0.4 is 10.2 Å². The number of hydrogen-bond donors (Lipinski definition) is 0. The molecule has 0 saturated heterocycles. The summed E-state index contributed by atoms with van der Waals surface area (Å²) in [4.78, 5) is 22.5. The van der Waals surface area contributed by atoms with Crippen LogP contribution in [0.1, 0.15) is 111 Å². The number of carboxylic acid groups (broad SMARTS) is 2. The van der Waals surface area contributed by atoms with Crippen LogP contribution >= 0.6 is 0 Å². The van der Waals surface area contributed by atoms with Crippen LogP contribution in [0, 0.1) is 44.3 Å². The van der Waals surface area contributed by atoms with Gasteiger partial charge in [-0.05, 0) is 33.5 Å². The second kappa shape index (κ2) is 10.7. The predicted molar refractivity (Wildman–Crippen MR) is 122 cm³/mol. The molecule has 0 saturated carbocycles. The SMILES string of the molecule is CC(C)C(C)(C)C(C)(C)C(C)(C)C(=O)[O-].CC(C)C(C)(C)C(C)(C)C(C)(C)C(=O)[O-].[Zn+2]. The van der Waals surface area contributed by atoms with Crippen molar-refractivity contribution in [1.82, 2.24) is 0 Å². The van der Waals surface area contributed by atoms with Crippen molar-refractivity contribution in [3.8, 4) is 0 Å². The molecule has 0 unspecified atom stereocenters. The van der Waals surface area contributed by atoms with Crippen LogP contribution in [0.3, 0.4) is 0 Å². The zero-order chi connectivity index (χ0) is 25.3. The van der Waals surface area contributed by atoms with Gasteiger partial charge in [0.2, 0.25) is 0 Å². The van der Waals surface area contributed by atoms with Crippen molar-refractivity contribution in [3.63, 3.8) is 0 Å². The topological polar surface area (TPSA) is 80.3 Å². The molecule has 0 aromatic carbocycles. The van der Waals surface area contributed by atoms with Gasteiger partial charge in [-0.25, -0.2) is 0 Å².